The maximum Gasteiger partial charge on any atom is 0.191 e. The van der Waals surface area contributed by atoms with E-state index in [1.54, 1.807) is 0 Å². The Morgan fingerprint density at radius 3 is 2.67 bits per heavy atom. The fourth-order valence-corrected chi connectivity index (χ4v) is 3.52. The lowest BCUT2D eigenvalue weighted by Gasteiger charge is -2.26. The van der Waals surface area contributed by atoms with Crippen LogP contribution in [-0.4, -0.2) is 63.2 Å². The molecule has 0 atom stereocenters. The second kappa shape index (κ2) is 9.55. The summed E-state index contributed by atoms with van der Waals surface area (Å²) in [5, 5.41) is 8.08. The van der Waals surface area contributed by atoms with Gasteiger partial charge in [0.1, 0.15) is 5.82 Å². The molecule has 2 heterocycles. The number of aliphatic imine (C=N–C) groups is 1. The zero-order valence-electron chi connectivity index (χ0n) is 16.8. The molecule has 2 aromatic rings. The zero-order chi connectivity index (χ0) is 19.1. The molecule has 1 aliphatic rings. The minimum atomic E-state index is 0.716. The van der Waals surface area contributed by atoms with E-state index in [-0.39, 0.29) is 0 Å². The Bertz CT molecular complexity index is 764. The van der Waals surface area contributed by atoms with Crippen LogP contribution in [0.3, 0.4) is 0 Å². The molecule has 27 heavy (non-hydrogen) atoms. The fraction of sp³-hybridized carbons (Fsp3) is 0.524. The summed E-state index contributed by atoms with van der Waals surface area (Å²) in [7, 11) is 5.87. The van der Waals surface area contributed by atoms with Crippen molar-refractivity contribution < 1.29 is 0 Å². The predicted molar refractivity (Wildman–Crippen MR) is 115 cm³/mol. The number of para-hydroxylation sites is 1. The minimum absolute atomic E-state index is 0.716. The number of nitrogens with one attached hydrogen (secondary N) is 2. The average Bonchev–Trinajstić information content (AvgIpc) is 2.70. The molecule has 0 saturated carbocycles. The van der Waals surface area contributed by atoms with E-state index in [2.05, 4.69) is 44.8 Å². The maximum atomic E-state index is 4.73. The number of piperidine rings is 1. The molecule has 1 aromatic heterocycles. The summed E-state index contributed by atoms with van der Waals surface area (Å²) >= 11 is 0. The highest BCUT2D eigenvalue weighted by molar-refractivity contribution is 5.85. The van der Waals surface area contributed by atoms with E-state index < -0.39 is 0 Å². The number of likely N-dealkylation sites (tertiary alicyclic amines) is 1. The summed E-state index contributed by atoms with van der Waals surface area (Å²) in [5.74, 6) is 1.82. The molecule has 2 N–H and O–H groups in total. The largest absolute Gasteiger partial charge is 0.363 e. The quantitative estimate of drug-likeness (QED) is 0.606. The number of aromatic nitrogens is 1. The van der Waals surface area contributed by atoms with Crippen molar-refractivity contribution in [2.24, 2.45) is 4.99 Å². The summed E-state index contributed by atoms with van der Waals surface area (Å²) in [5.41, 5.74) is 2.25. The van der Waals surface area contributed by atoms with Crippen LogP contribution in [-0.2, 0) is 6.54 Å². The number of hydrogen-bond acceptors (Lipinski definition) is 4. The van der Waals surface area contributed by atoms with Gasteiger partial charge in [0.2, 0.25) is 0 Å². The number of nitrogens with zero attached hydrogens (tertiary/aromatic N) is 4. The average molecular weight is 369 g/mol. The number of guanidine groups is 1. The molecule has 0 unspecified atom stereocenters. The topological polar surface area (TPSA) is 55.8 Å². The van der Waals surface area contributed by atoms with Crippen LogP contribution in [0.25, 0.3) is 10.9 Å². The standard InChI is InChI=1S/C21H32N6/c1-22-21(23-11-14-27-12-7-4-8-13-27)24-16-17-15-20(26(2)3)25-19-10-6-5-9-18(17)19/h5-6,9-10,15H,4,7-8,11-14,16H2,1-3H3,(H2,22,23,24). The lowest BCUT2D eigenvalue weighted by Crippen LogP contribution is -2.42. The van der Waals surface area contributed by atoms with E-state index in [1.807, 2.05) is 32.1 Å². The van der Waals surface area contributed by atoms with Crippen LogP contribution < -0.4 is 15.5 Å². The van der Waals surface area contributed by atoms with Gasteiger partial charge in [-0.2, -0.15) is 0 Å². The van der Waals surface area contributed by atoms with Gasteiger partial charge in [-0.25, -0.2) is 4.98 Å². The number of pyridine rings is 1. The minimum Gasteiger partial charge on any atom is -0.363 e. The molecular formula is C21H32N6. The molecule has 0 amide bonds. The summed E-state index contributed by atoms with van der Waals surface area (Å²) < 4.78 is 0. The summed E-state index contributed by atoms with van der Waals surface area (Å²) in [6.45, 7) is 5.16. The maximum absolute atomic E-state index is 4.73. The van der Waals surface area contributed by atoms with E-state index in [4.69, 9.17) is 4.98 Å². The molecule has 1 aliphatic heterocycles. The highest BCUT2D eigenvalue weighted by atomic mass is 15.2. The SMILES string of the molecule is CN=C(NCCN1CCCCC1)NCc1cc(N(C)C)nc2ccccc12. The summed E-state index contributed by atoms with van der Waals surface area (Å²) in [6, 6.07) is 10.4. The molecule has 1 aromatic carbocycles. The van der Waals surface area contributed by atoms with E-state index in [0.717, 1.165) is 30.4 Å². The first-order chi connectivity index (χ1) is 13.2. The molecule has 0 spiro atoms. The third-order valence-electron chi connectivity index (χ3n) is 5.09. The van der Waals surface area contributed by atoms with Crippen molar-refractivity contribution >= 4 is 22.7 Å². The van der Waals surface area contributed by atoms with Crippen LogP contribution in [0.15, 0.2) is 35.3 Å². The normalized spacial score (nSPS) is 15.7. The second-order valence-electron chi connectivity index (χ2n) is 7.31. The third-order valence-corrected chi connectivity index (χ3v) is 5.09. The van der Waals surface area contributed by atoms with Crippen LogP contribution in [0.5, 0.6) is 0 Å². The van der Waals surface area contributed by atoms with E-state index in [9.17, 15) is 0 Å². The van der Waals surface area contributed by atoms with Crippen molar-refractivity contribution in [2.75, 3.05) is 52.2 Å². The van der Waals surface area contributed by atoms with Crippen LogP contribution in [0.1, 0.15) is 24.8 Å². The first kappa shape index (κ1) is 19.4. The second-order valence-corrected chi connectivity index (χ2v) is 7.31. The van der Waals surface area contributed by atoms with Crippen LogP contribution >= 0.6 is 0 Å². The van der Waals surface area contributed by atoms with Gasteiger partial charge in [-0.1, -0.05) is 24.6 Å². The Hall–Kier alpha value is -2.34. The summed E-state index contributed by atoms with van der Waals surface area (Å²) in [6.07, 6.45) is 4.04. The highest BCUT2D eigenvalue weighted by Gasteiger charge is 2.10. The van der Waals surface area contributed by atoms with Crippen LogP contribution in [0.2, 0.25) is 0 Å². The molecule has 0 radical (unpaired) electrons. The van der Waals surface area contributed by atoms with Gasteiger partial charge >= 0.3 is 0 Å². The Labute approximate surface area is 162 Å². The predicted octanol–water partition coefficient (Wildman–Crippen LogP) is 2.45. The molecule has 0 bridgehead atoms. The number of benzene rings is 1. The van der Waals surface area contributed by atoms with Crippen molar-refractivity contribution in [3.05, 3.63) is 35.9 Å². The van der Waals surface area contributed by atoms with Gasteiger partial charge in [0.15, 0.2) is 5.96 Å². The number of rotatable bonds is 6. The molecule has 1 fully saturated rings. The highest BCUT2D eigenvalue weighted by Crippen LogP contribution is 2.21. The monoisotopic (exact) mass is 368 g/mol. The Balaban J connectivity index is 1.60. The fourth-order valence-electron chi connectivity index (χ4n) is 3.52. The van der Waals surface area contributed by atoms with Crippen molar-refractivity contribution in [2.45, 2.75) is 25.8 Å². The Kier molecular flexibility index (Phi) is 6.87. The van der Waals surface area contributed by atoms with Gasteiger partial charge in [0, 0.05) is 46.2 Å². The lowest BCUT2D eigenvalue weighted by molar-refractivity contribution is 0.232. The van der Waals surface area contributed by atoms with Gasteiger partial charge in [-0.15, -0.1) is 0 Å². The molecule has 146 valence electrons. The van der Waals surface area contributed by atoms with Gasteiger partial charge in [0.25, 0.3) is 0 Å². The molecule has 6 heteroatoms. The molecule has 6 nitrogen and oxygen atoms in total. The number of fused-ring (bicyclic) bond motifs is 1. The van der Waals surface area contributed by atoms with Crippen molar-refractivity contribution in [3.8, 4) is 0 Å². The third kappa shape index (κ3) is 5.32. The van der Waals surface area contributed by atoms with Gasteiger partial charge in [-0.05, 0) is 43.6 Å². The summed E-state index contributed by atoms with van der Waals surface area (Å²) in [4.78, 5) is 13.7. The Morgan fingerprint density at radius 2 is 1.93 bits per heavy atom. The molecular weight excluding hydrogens is 336 g/mol. The van der Waals surface area contributed by atoms with Gasteiger partial charge in [0.05, 0.1) is 5.52 Å². The molecule has 0 aliphatic carbocycles. The molecule has 1 saturated heterocycles. The van der Waals surface area contributed by atoms with Crippen LogP contribution in [0.4, 0.5) is 5.82 Å². The van der Waals surface area contributed by atoms with Gasteiger partial charge < -0.3 is 20.4 Å². The number of anilines is 1. The zero-order valence-corrected chi connectivity index (χ0v) is 16.8. The van der Waals surface area contributed by atoms with Crippen LogP contribution in [0, 0.1) is 0 Å². The van der Waals surface area contributed by atoms with Crippen molar-refractivity contribution in [1.82, 2.24) is 20.5 Å². The Morgan fingerprint density at radius 1 is 1.15 bits per heavy atom. The smallest absolute Gasteiger partial charge is 0.191 e. The first-order valence-electron chi connectivity index (χ1n) is 9.90. The van der Waals surface area contributed by atoms with Crippen molar-refractivity contribution in [1.29, 1.82) is 0 Å². The first-order valence-corrected chi connectivity index (χ1v) is 9.90. The lowest BCUT2D eigenvalue weighted by atomic mass is 10.1. The van der Waals surface area contributed by atoms with E-state index in [1.165, 1.54) is 43.3 Å². The van der Waals surface area contributed by atoms with Gasteiger partial charge in [-0.3, -0.25) is 4.99 Å². The number of hydrogen-bond donors (Lipinski definition) is 2. The van der Waals surface area contributed by atoms with E-state index >= 15 is 0 Å². The molecule has 3 rings (SSSR count). The van der Waals surface area contributed by atoms with Crippen molar-refractivity contribution in [3.63, 3.8) is 0 Å². The van der Waals surface area contributed by atoms with E-state index in [0.29, 0.717) is 6.54 Å².